The minimum absolute atomic E-state index is 0.0530. The number of alkyl halides is 3. The van der Waals surface area contributed by atoms with E-state index in [1.54, 1.807) is 4.90 Å². The summed E-state index contributed by atoms with van der Waals surface area (Å²) in [6.07, 6.45) is -1.01. The van der Waals surface area contributed by atoms with Crippen LogP contribution in [0.5, 0.6) is 0 Å². The quantitative estimate of drug-likeness (QED) is 0.902. The van der Waals surface area contributed by atoms with Crippen LogP contribution in [0.3, 0.4) is 0 Å². The van der Waals surface area contributed by atoms with E-state index in [1.807, 2.05) is 0 Å². The van der Waals surface area contributed by atoms with Crippen molar-refractivity contribution in [3.05, 3.63) is 35.4 Å². The zero-order valence-electron chi connectivity index (χ0n) is 14.1. The zero-order chi connectivity index (χ0) is 18.1. The van der Waals surface area contributed by atoms with Crippen LogP contribution in [0.4, 0.5) is 13.2 Å². The number of carbonyl (C=O) groups is 1. The monoisotopic (exact) mass is 356 g/mol. The molecule has 7 heteroatoms. The second-order valence-corrected chi connectivity index (χ2v) is 6.87. The maximum Gasteiger partial charge on any atom is 0.416 e. The summed E-state index contributed by atoms with van der Waals surface area (Å²) >= 11 is 0. The molecule has 4 nitrogen and oxygen atoms in total. The number of benzene rings is 1. The van der Waals surface area contributed by atoms with Gasteiger partial charge in [-0.25, -0.2) is 0 Å². The Morgan fingerprint density at radius 3 is 2.32 bits per heavy atom. The van der Waals surface area contributed by atoms with Gasteiger partial charge in [0.05, 0.1) is 12.2 Å². The van der Waals surface area contributed by atoms with Crippen LogP contribution < -0.4 is 0 Å². The predicted octanol–water partition coefficient (Wildman–Crippen LogP) is 2.65. The van der Waals surface area contributed by atoms with Crippen LogP contribution in [-0.4, -0.2) is 52.6 Å². The van der Waals surface area contributed by atoms with Crippen LogP contribution in [-0.2, 0) is 17.5 Å². The van der Waals surface area contributed by atoms with Gasteiger partial charge in [-0.2, -0.15) is 13.2 Å². The molecule has 1 N–H and O–H groups in total. The summed E-state index contributed by atoms with van der Waals surface area (Å²) in [5, 5.41) is 9.16. The van der Waals surface area contributed by atoms with Crippen molar-refractivity contribution >= 4 is 5.91 Å². The summed E-state index contributed by atoms with van der Waals surface area (Å²) in [5.74, 6) is 0.0530. The van der Waals surface area contributed by atoms with Crippen molar-refractivity contribution in [2.75, 3.05) is 26.2 Å². The Bertz CT molecular complexity index is 616. The minimum atomic E-state index is -4.34. The van der Waals surface area contributed by atoms with Gasteiger partial charge in [-0.1, -0.05) is 12.1 Å². The first-order chi connectivity index (χ1) is 11.9. The van der Waals surface area contributed by atoms with Crippen molar-refractivity contribution < 1.29 is 23.1 Å². The van der Waals surface area contributed by atoms with E-state index in [-0.39, 0.29) is 12.5 Å². The fourth-order valence-corrected chi connectivity index (χ4v) is 4.11. The van der Waals surface area contributed by atoms with E-state index >= 15 is 0 Å². The number of halogens is 3. The molecule has 0 bridgehead atoms. The third-order valence-corrected chi connectivity index (χ3v) is 5.35. The highest BCUT2D eigenvalue weighted by Gasteiger charge is 2.50. The SMILES string of the molecule is O=C1N(CCO)CCCC12CCCN2Cc1ccc(C(F)(F)F)cc1. The number of piperidine rings is 1. The number of nitrogens with zero attached hydrogens (tertiary/aromatic N) is 2. The number of hydrogen-bond acceptors (Lipinski definition) is 3. The lowest BCUT2D eigenvalue weighted by Gasteiger charge is -2.44. The molecule has 1 amide bonds. The highest BCUT2D eigenvalue weighted by Crippen LogP contribution is 2.39. The van der Waals surface area contributed by atoms with Crippen molar-refractivity contribution in [3.63, 3.8) is 0 Å². The van der Waals surface area contributed by atoms with Crippen LogP contribution in [0.15, 0.2) is 24.3 Å². The Labute approximate surface area is 145 Å². The highest BCUT2D eigenvalue weighted by molar-refractivity contribution is 5.87. The number of aliphatic hydroxyl groups is 1. The first kappa shape index (κ1) is 18.2. The third kappa shape index (κ3) is 3.53. The maximum atomic E-state index is 13.0. The van der Waals surface area contributed by atoms with Gasteiger partial charge >= 0.3 is 6.18 Å². The summed E-state index contributed by atoms with van der Waals surface area (Å²) in [4.78, 5) is 16.8. The van der Waals surface area contributed by atoms with Gasteiger partial charge in [0.2, 0.25) is 5.91 Å². The third-order valence-electron chi connectivity index (χ3n) is 5.35. The smallest absolute Gasteiger partial charge is 0.395 e. The largest absolute Gasteiger partial charge is 0.416 e. The average molecular weight is 356 g/mol. The lowest BCUT2D eigenvalue weighted by molar-refractivity contribution is -0.148. The molecule has 0 saturated carbocycles. The molecule has 0 aromatic heterocycles. The summed E-state index contributed by atoms with van der Waals surface area (Å²) in [6.45, 7) is 2.18. The van der Waals surface area contributed by atoms with Gasteiger partial charge in [0.15, 0.2) is 0 Å². The van der Waals surface area contributed by atoms with E-state index in [4.69, 9.17) is 5.11 Å². The van der Waals surface area contributed by atoms with E-state index in [2.05, 4.69) is 4.90 Å². The maximum absolute atomic E-state index is 13.0. The number of β-amino-alcohol motifs (C(OH)–C–C–N with tert-alkyl or cyclic N) is 1. The van der Waals surface area contributed by atoms with Gasteiger partial charge in [0.1, 0.15) is 5.54 Å². The molecule has 2 fully saturated rings. The van der Waals surface area contributed by atoms with Crippen molar-refractivity contribution in [1.29, 1.82) is 0 Å². The first-order valence-corrected chi connectivity index (χ1v) is 8.68. The van der Waals surface area contributed by atoms with E-state index in [1.165, 1.54) is 12.1 Å². The van der Waals surface area contributed by atoms with Gasteiger partial charge in [-0.05, 0) is 49.9 Å². The molecule has 1 spiro atoms. The standard InChI is InChI=1S/C18H23F3N2O2/c19-18(20,21)15-5-3-14(4-6-15)13-23-10-2-8-17(23)7-1-9-22(11-12-24)16(17)25/h3-6,24H,1-2,7-13H2. The first-order valence-electron chi connectivity index (χ1n) is 8.68. The zero-order valence-corrected chi connectivity index (χ0v) is 14.1. The molecule has 1 unspecified atom stereocenters. The molecule has 138 valence electrons. The molecule has 0 radical (unpaired) electrons. The Morgan fingerprint density at radius 1 is 1.08 bits per heavy atom. The van der Waals surface area contributed by atoms with Crippen molar-refractivity contribution in [1.82, 2.24) is 9.80 Å². The van der Waals surface area contributed by atoms with Crippen molar-refractivity contribution in [2.24, 2.45) is 0 Å². The number of rotatable bonds is 4. The number of carbonyl (C=O) groups excluding carboxylic acids is 1. The molecule has 25 heavy (non-hydrogen) atoms. The Kier molecular flexibility index (Phi) is 5.06. The normalized spacial score (nSPS) is 25.1. The van der Waals surface area contributed by atoms with Crippen molar-refractivity contribution in [2.45, 2.75) is 43.9 Å². The fourth-order valence-electron chi connectivity index (χ4n) is 4.11. The van der Waals surface area contributed by atoms with E-state index in [0.29, 0.717) is 19.6 Å². The average Bonchev–Trinajstić information content (AvgIpc) is 2.95. The van der Waals surface area contributed by atoms with E-state index < -0.39 is 17.3 Å². The molecular formula is C18H23F3N2O2. The fraction of sp³-hybridized carbons (Fsp3) is 0.611. The molecule has 0 aliphatic carbocycles. The molecular weight excluding hydrogens is 333 g/mol. The number of likely N-dealkylation sites (tertiary alicyclic amines) is 2. The molecule has 2 heterocycles. The van der Waals surface area contributed by atoms with E-state index in [9.17, 15) is 18.0 Å². The molecule has 2 saturated heterocycles. The Balaban J connectivity index is 1.76. The molecule has 1 aromatic carbocycles. The lowest BCUT2D eigenvalue weighted by atomic mass is 9.85. The van der Waals surface area contributed by atoms with Crippen LogP contribution in [0.1, 0.15) is 36.8 Å². The van der Waals surface area contributed by atoms with Crippen molar-refractivity contribution in [3.8, 4) is 0 Å². The number of hydrogen-bond donors (Lipinski definition) is 1. The molecule has 2 aliphatic heterocycles. The molecule has 2 aliphatic rings. The summed E-state index contributed by atoms with van der Waals surface area (Å²) in [7, 11) is 0. The molecule has 3 rings (SSSR count). The van der Waals surface area contributed by atoms with Crippen LogP contribution in [0.2, 0.25) is 0 Å². The van der Waals surface area contributed by atoms with Gasteiger partial charge in [0.25, 0.3) is 0 Å². The number of amides is 1. The molecule has 1 atom stereocenters. The second-order valence-electron chi connectivity index (χ2n) is 6.87. The molecule has 1 aromatic rings. The minimum Gasteiger partial charge on any atom is -0.395 e. The number of aliphatic hydroxyl groups excluding tert-OH is 1. The van der Waals surface area contributed by atoms with Crippen LogP contribution in [0, 0.1) is 0 Å². The summed E-state index contributed by atoms with van der Waals surface area (Å²) < 4.78 is 38.1. The Morgan fingerprint density at radius 2 is 1.72 bits per heavy atom. The van der Waals surface area contributed by atoms with Gasteiger partial charge in [-0.3, -0.25) is 9.69 Å². The topological polar surface area (TPSA) is 43.8 Å². The highest BCUT2D eigenvalue weighted by atomic mass is 19.4. The van der Waals surface area contributed by atoms with Crippen LogP contribution in [0.25, 0.3) is 0 Å². The van der Waals surface area contributed by atoms with Gasteiger partial charge < -0.3 is 10.0 Å². The Hall–Kier alpha value is -1.60. The predicted molar refractivity (Wildman–Crippen MR) is 86.7 cm³/mol. The van der Waals surface area contributed by atoms with Gasteiger partial charge in [-0.15, -0.1) is 0 Å². The second kappa shape index (κ2) is 6.96. The summed E-state index contributed by atoms with van der Waals surface area (Å²) in [5.41, 5.74) is -0.438. The lowest BCUT2D eigenvalue weighted by Crippen LogP contribution is -2.60. The van der Waals surface area contributed by atoms with Crippen LogP contribution >= 0.6 is 0 Å². The van der Waals surface area contributed by atoms with Gasteiger partial charge in [0, 0.05) is 19.6 Å². The summed E-state index contributed by atoms with van der Waals surface area (Å²) in [6, 6.07) is 5.18. The van der Waals surface area contributed by atoms with E-state index in [0.717, 1.165) is 49.9 Å².